The molecular weight excluding hydrogens is 432 g/mol. The number of hydrogen-bond acceptors (Lipinski definition) is 8. The lowest BCUT2D eigenvalue weighted by Crippen LogP contribution is -2.21. The van der Waals surface area contributed by atoms with Gasteiger partial charge in [-0.2, -0.15) is 0 Å². The van der Waals surface area contributed by atoms with Crippen molar-refractivity contribution >= 4 is 35.8 Å². The van der Waals surface area contributed by atoms with E-state index in [9.17, 15) is 0 Å². The molecular formula is C25H32N6OS. The first-order valence-corrected chi connectivity index (χ1v) is 12.7. The molecule has 2 aliphatic heterocycles. The number of anilines is 2. The third-order valence-corrected chi connectivity index (χ3v) is 6.58. The van der Waals surface area contributed by atoms with Crippen molar-refractivity contribution in [2.45, 2.75) is 44.1 Å². The number of aromatic nitrogens is 2. The van der Waals surface area contributed by atoms with E-state index >= 15 is 0 Å². The fraction of sp³-hybridized carbons (Fsp3) is 0.440. The molecule has 0 amide bonds. The van der Waals surface area contributed by atoms with Crippen LogP contribution in [-0.2, 0) is 6.42 Å². The number of nitrogens with one attached hydrogen (secondary N) is 1. The molecule has 4 rings (SSSR count). The Hall–Kier alpha value is -2.87. The summed E-state index contributed by atoms with van der Waals surface area (Å²) >= 11 is 1.77. The summed E-state index contributed by atoms with van der Waals surface area (Å²) in [6.07, 6.45) is 12.0. The van der Waals surface area contributed by atoms with Gasteiger partial charge in [-0.15, -0.1) is 11.8 Å². The molecule has 0 saturated heterocycles. The molecule has 1 aromatic heterocycles. The normalized spacial score (nSPS) is 20.4. The van der Waals surface area contributed by atoms with Crippen molar-refractivity contribution in [2.24, 2.45) is 15.9 Å². The fourth-order valence-corrected chi connectivity index (χ4v) is 4.39. The summed E-state index contributed by atoms with van der Waals surface area (Å²) in [4.78, 5) is 21.5. The maximum absolute atomic E-state index is 6.29. The van der Waals surface area contributed by atoms with Crippen molar-refractivity contribution in [2.75, 3.05) is 30.8 Å². The summed E-state index contributed by atoms with van der Waals surface area (Å²) in [6, 6.07) is 8.58. The first kappa shape index (κ1) is 23.3. The number of hydrogen-bond donors (Lipinski definition) is 1. The molecule has 1 N–H and O–H groups in total. The Morgan fingerprint density at radius 1 is 1.12 bits per heavy atom. The largest absolute Gasteiger partial charge is 0.474 e. The van der Waals surface area contributed by atoms with Crippen LogP contribution in [0.5, 0.6) is 5.88 Å². The lowest BCUT2D eigenvalue weighted by Gasteiger charge is -2.21. The Morgan fingerprint density at radius 2 is 1.97 bits per heavy atom. The van der Waals surface area contributed by atoms with E-state index in [1.807, 2.05) is 18.5 Å². The number of thioether (sulfide) groups is 1. The van der Waals surface area contributed by atoms with Crippen molar-refractivity contribution in [1.82, 2.24) is 15.3 Å². The maximum Gasteiger partial charge on any atom is 0.218 e. The standard InChI is InChI=1S/C25H32N6OS/c1-18(2)20-14-26-9-6-21(7-10-27-16-28-15-20)32-25-13-24(29-17-30-25)31-11-8-19-12-22(33-3)4-5-23(19)31/h4-5,12-18,21H,6-11H2,1-3H3,(H,27,28)/b20-15+,26-14?. The van der Waals surface area contributed by atoms with Crippen molar-refractivity contribution in [3.8, 4) is 5.88 Å². The molecule has 3 heterocycles. The zero-order valence-corrected chi connectivity index (χ0v) is 20.4. The van der Waals surface area contributed by atoms with Crippen LogP contribution in [0.3, 0.4) is 0 Å². The summed E-state index contributed by atoms with van der Waals surface area (Å²) in [7, 11) is 0. The van der Waals surface area contributed by atoms with Gasteiger partial charge in [0.05, 0.1) is 6.34 Å². The van der Waals surface area contributed by atoms with E-state index in [2.05, 4.69) is 68.5 Å². The van der Waals surface area contributed by atoms with Gasteiger partial charge in [-0.05, 0) is 47.9 Å². The van der Waals surface area contributed by atoms with Gasteiger partial charge in [-0.25, -0.2) is 9.97 Å². The Labute approximate surface area is 200 Å². The van der Waals surface area contributed by atoms with E-state index in [-0.39, 0.29) is 6.10 Å². The van der Waals surface area contributed by atoms with Crippen molar-refractivity contribution in [1.29, 1.82) is 0 Å². The zero-order chi connectivity index (χ0) is 23.0. The second-order valence-corrected chi connectivity index (χ2v) is 9.34. The minimum atomic E-state index is -0.0112. The molecule has 0 spiro atoms. The minimum Gasteiger partial charge on any atom is -0.474 e. The van der Waals surface area contributed by atoms with Gasteiger partial charge in [-0.3, -0.25) is 9.98 Å². The van der Waals surface area contributed by atoms with Gasteiger partial charge in [0.2, 0.25) is 5.88 Å². The van der Waals surface area contributed by atoms with Gasteiger partial charge in [-0.1, -0.05) is 13.8 Å². The third-order valence-electron chi connectivity index (χ3n) is 5.86. The Morgan fingerprint density at radius 3 is 2.79 bits per heavy atom. The Balaban J connectivity index is 1.45. The topological polar surface area (TPSA) is 75.0 Å². The first-order valence-electron chi connectivity index (χ1n) is 11.5. The van der Waals surface area contributed by atoms with Crippen molar-refractivity contribution in [3.05, 3.63) is 47.9 Å². The number of nitrogens with zero attached hydrogens (tertiary/aromatic N) is 5. The Kier molecular flexibility index (Phi) is 7.99. The van der Waals surface area contributed by atoms with Gasteiger partial charge < -0.3 is 15.0 Å². The second kappa shape index (κ2) is 11.3. The monoisotopic (exact) mass is 464 g/mol. The van der Waals surface area contributed by atoms with Gasteiger partial charge in [0.25, 0.3) is 0 Å². The minimum absolute atomic E-state index is 0.0112. The van der Waals surface area contributed by atoms with E-state index in [1.54, 1.807) is 24.4 Å². The SMILES string of the molecule is CSc1ccc2c(c1)CCN2c1cc(OC2CCN=CN/C=C(/C(C)C)C=NCC2)ncn1. The molecule has 7 nitrogen and oxygen atoms in total. The van der Waals surface area contributed by atoms with Crippen LogP contribution in [0.4, 0.5) is 11.5 Å². The fourth-order valence-electron chi connectivity index (χ4n) is 3.93. The molecule has 0 aliphatic carbocycles. The Bertz CT molecular complexity index is 1040. The van der Waals surface area contributed by atoms with Crippen LogP contribution >= 0.6 is 11.8 Å². The van der Waals surface area contributed by atoms with Crippen LogP contribution in [0.1, 0.15) is 32.3 Å². The molecule has 2 aromatic rings. The van der Waals surface area contributed by atoms with Gasteiger partial charge in [0.1, 0.15) is 18.2 Å². The molecule has 0 radical (unpaired) electrons. The lowest BCUT2D eigenvalue weighted by molar-refractivity contribution is 0.178. The molecule has 174 valence electrons. The summed E-state index contributed by atoms with van der Waals surface area (Å²) in [5, 5.41) is 3.14. The van der Waals surface area contributed by atoms with Gasteiger partial charge in [0, 0.05) is 61.5 Å². The van der Waals surface area contributed by atoms with Crippen LogP contribution in [0.2, 0.25) is 0 Å². The lowest BCUT2D eigenvalue weighted by atomic mass is 10.1. The number of ether oxygens (including phenoxy) is 1. The van der Waals surface area contributed by atoms with Crippen LogP contribution in [0.25, 0.3) is 0 Å². The summed E-state index contributed by atoms with van der Waals surface area (Å²) in [5.41, 5.74) is 3.73. The second-order valence-electron chi connectivity index (χ2n) is 8.46. The number of benzene rings is 1. The summed E-state index contributed by atoms with van der Waals surface area (Å²) < 4.78 is 6.29. The van der Waals surface area contributed by atoms with Crippen LogP contribution in [-0.4, -0.2) is 54.5 Å². The molecule has 0 saturated carbocycles. The quantitative estimate of drug-likeness (QED) is 0.649. The number of fused-ring (bicyclic) bond motifs is 1. The van der Waals surface area contributed by atoms with Crippen molar-refractivity contribution in [3.63, 3.8) is 0 Å². The van der Waals surface area contributed by atoms with E-state index < -0.39 is 0 Å². The highest BCUT2D eigenvalue weighted by atomic mass is 32.2. The van der Waals surface area contributed by atoms with Crippen LogP contribution in [0, 0.1) is 5.92 Å². The number of aliphatic imine (C=N–C) groups is 2. The van der Waals surface area contributed by atoms with E-state index in [4.69, 9.17) is 4.74 Å². The van der Waals surface area contributed by atoms with Crippen LogP contribution in [0.15, 0.2) is 57.2 Å². The first-order chi connectivity index (χ1) is 16.1. The molecule has 33 heavy (non-hydrogen) atoms. The molecule has 1 aromatic carbocycles. The maximum atomic E-state index is 6.29. The zero-order valence-electron chi connectivity index (χ0n) is 19.6. The number of rotatable bonds is 5. The smallest absolute Gasteiger partial charge is 0.218 e. The molecule has 2 aliphatic rings. The predicted molar refractivity (Wildman–Crippen MR) is 137 cm³/mol. The molecule has 8 heteroatoms. The highest BCUT2D eigenvalue weighted by Gasteiger charge is 2.22. The number of allylic oxidation sites excluding steroid dienone is 1. The molecule has 0 fully saturated rings. The van der Waals surface area contributed by atoms with E-state index in [1.165, 1.54) is 16.1 Å². The van der Waals surface area contributed by atoms with Gasteiger partial charge in [0.15, 0.2) is 0 Å². The molecule has 1 unspecified atom stereocenters. The highest BCUT2D eigenvalue weighted by Crippen LogP contribution is 2.36. The molecule has 0 bridgehead atoms. The third kappa shape index (κ3) is 6.13. The van der Waals surface area contributed by atoms with E-state index in [0.717, 1.165) is 37.2 Å². The predicted octanol–water partition coefficient (Wildman–Crippen LogP) is 4.66. The summed E-state index contributed by atoms with van der Waals surface area (Å²) in [5.74, 6) is 1.86. The van der Waals surface area contributed by atoms with Gasteiger partial charge >= 0.3 is 0 Å². The average molecular weight is 465 g/mol. The molecule has 1 atom stereocenters. The van der Waals surface area contributed by atoms with Crippen molar-refractivity contribution < 1.29 is 4.74 Å². The van der Waals surface area contributed by atoms with E-state index in [0.29, 0.717) is 24.9 Å². The highest BCUT2D eigenvalue weighted by molar-refractivity contribution is 7.98. The summed E-state index contributed by atoms with van der Waals surface area (Å²) in [6.45, 7) is 6.60. The average Bonchev–Trinajstić information content (AvgIpc) is 3.24. The van der Waals surface area contributed by atoms with Crippen LogP contribution < -0.4 is 15.0 Å².